The number of anilines is 1. The van der Waals surface area contributed by atoms with Crippen molar-refractivity contribution in [1.29, 1.82) is 0 Å². The average molecular weight is 239 g/mol. The Bertz CT molecular complexity index is 701. The summed E-state index contributed by atoms with van der Waals surface area (Å²) in [4.78, 5) is 13.1. The number of nitrogens with one attached hydrogen (secondary N) is 1. The van der Waals surface area contributed by atoms with Crippen LogP contribution in [-0.2, 0) is 7.05 Å². The van der Waals surface area contributed by atoms with Crippen molar-refractivity contribution < 1.29 is 0 Å². The third kappa shape index (κ3) is 1.60. The predicted molar refractivity (Wildman–Crippen MR) is 71.3 cm³/mol. The number of para-hydroxylation sites is 2. The van der Waals surface area contributed by atoms with Gasteiger partial charge in [0, 0.05) is 20.3 Å². The van der Waals surface area contributed by atoms with E-state index >= 15 is 0 Å². The Morgan fingerprint density at radius 3 is 2.72 bits per heavy atom. The lowest BCUT2D eigenvalue weighted by atomic mass is 10.3. The second-order valence-electron chi connectivity index (χ2n) is 4.00. The molecule has 0 fully saturated rings. The number of imidazole rings is 1. The summed E-state index contributed by atoms with van der Waals surface area (Å²) >= 11 is 0. The predicted octanol–water partition coefficient (Wildman–Crippen LogP) is 2.07. The Hall–Kier alpha value is -2.43. The molecular weight excluding hydrogens is 226 g/mol. The van der Waals surface area contributed by atoms with E-state index in [1.54, 1.807) is 13.2 Å². The zero-order valence-corrected chi connectivity index (χ0v) is 10.3. The molecule has 0 saturated carbocycles. The van der Waals surface area contributed by atoms with Gasteiger partial charge >= 0.3 is 0 Å². The molecule has 3 rings (SSSR count). The molecule has 0 aliphatic carbocycles. The highest BCUT2D eigenvalue weighted by Gasteiger charge is 2.10. The highest BCUT2D eigenvalue weighted by molar-refractivity contribution is 5.79. The van der Waals surface area contributed by atoms with E-state index in [4.69, 9.17) is 0 Å². The van der Waals surface area contributed by atoms with Gasteiger partial charge in [0.15, 0.2) is 5.82 Å². The minimum Gasteiger partial charge on any atom is -0.357 e. The standard InChI is InChI=1S/C13H13N5/c1-14-13-15-8-7-10(17-13)12-16-9-5-3-4-6-11(9)18(12)2/h3-8H,1-2H3,(H,14,15,17). The molecule has 0 aliphatic rings. The van der Waals surface area contributed by atoms with E-state index in [-0.39, 0.29) is 0 Å². The molecule has 0 bridgehead atoms. The Labute approximate surface area is 105 Å². The van der Waals surface area contributed by atoms with E-state index < -0.39 is 0 Å². The second kappa shape index (κ2) is 4.10. The zero-order chi connectivity index (χ0) is 12.5. The van der Waals surface area contributed by atoms with E-state index in [0.29, 0.717) is 5.95 Å². The van der Waals surface area contributed by atoms with Crippen LogP contribution in [0.25, 0.3) is 22.6 Å². The van der Waals surface area contributed by atoms with Crippen molar-refractivity contribution in [3.05, 3.63) is 36.5 Å². The van der Waals surface area contributed by atoms with Gasteiger partial charge in [-0.1, -0.05) is 12.1 Å². The monoisotopic (exact) mass is 239 g/mol. The number of aromatic nitrogens is 4. The van der Waals surface area contributed by atoms with Crippen LogP contribution in [0.3, 0.4) is 0 Å². The van der Waals surface area contributed by atoms with Crippen molar-refractivity contribution in [2.75, 3.05) is 12.4 Å². The Morgan fingerprint density at radius 1 is 1.11 bits per heavy atom. The van der Waals surface area contributed by atoms with Gasteiger partial charge in [-0.2, -0.15) is 0 Å². The van der Waals surface area contributed by atoms with Gasteiger partial charge in [0.2, 0.25) is 5.95 Å². The first kappa shape index (κ1) is 10.7. The molecule has 0 aliphatic heterocycles. The van der Waals surface area contributed by atoms with E-state index in [1.165, 1.54) is 0 Å². The molecule has 0 saturated heterocycles. The Kier molecular flexibility index (Phi) is 2.44. The van der Waals surface area contributed by atoms with Crippen molar-refractivity contribution in [1.82, 2.24) is 19.5 Å². The number of aryl methyl sites for hydroxylation is 1. The van der Waals surface area contributed by atoms with Crippen LogP contribution >= 0.6 is 0 Å². The molecule has 5 heteroatoms. The molecular formula is C13H13N5. The molecule has 18 heavy (non-hydrogen) atoms. The van der Waals surface area contributed by atoms with Crippen molar-refractivity contribution in [3.63, 3.8) is 0 Å². The fourth-order valence-electron chi connectivity index (χ4n) is 1.98. The van der Waals surface area contributed by atoms with Crippen LogP contribution in [0.5, 0.6) is 0 Å². The SMILES string of the molecule is CNc1nccc(-c2nc3ccccc3n2C)n1. The van der Waals surface area contributed by atoms with Gasteiger partial charge < -0.3 is 9.88 Å². The van der Waals surface area contributed by atoms with E-state index in [9.17, 15) is 0 Å². The molecule has 5 nitrogen and oxygen atoms in total. The highest BCUT2D eigenvalue weighted by atomic mass is 15.1. The summed E-state index contributed by atoms with van der Waals surface area (Å²) in [6.45, 7) is 0. The molecule has 3 aromatic rings. The summed E-state index contributed by atoms with van der Waals surface area (Å²) in [5.74, 6) is 1.44. The third-order valence-corrected chi connectivity index (χ3v) is 2.90. The van der Waals surface area contributed by atoms with Crippen molar-refractivity contribution in [2.24, 2.45) is 7.05 Å². The molecule has 0 spiro atoms. The number of fused-ring (bicyclic) bond motifs is 1. The molecule has 1 N–H and O–H groups in total. The summed E-state index contributed by atoms with van der Waals surface area (Å²) in [5, 5.41) is 2.93. The molecule has 90 valence electrons. The summed E-state index contributed by atoms with van der Waals surface area (Å²) < 4.78 is 2.04. The van der Waals surface area contributed by atoms with Gasteiger partial charge in [-0.25, -0.2) is 15.0 Å². The molecule has 2 aromatic heterocycles. The van der Waals surface area contributed by atoms with Gasteiger partial charge in [0.25, 0.3) is 0 Å². The minimum absolute atomic E-state index is 0.597. The molecule has 0 amide bonds. The first-order valence-corrected chi connectivity index (χ1v) is 5.72. The smallest absolute Gasteiger partial charge is 0.223 e. The van der Waals surface area contributed by atoms with Gasteiger partial charge in [0.05, 0.1) is 11.0 Å². The number of hydrogen-bond donors (Lipinski definition) is 1. The lowest BCUT2D eigenvalue weighted by Gasteiger charge is -2.03. The first-order valence-electron chi connectivity index (χ1n) is 5.72. The second-order valence-corrected chi connectivity index (χ2v) is 4.00. The normalized spacial score (nSPS) is 10.8. The van der Waals surface area contributed by atoms with Crippen LogP contribution < -0.4 is 5.32 Å². The van der Waals surface area contributed by atoms with Crippen LogP contribution in [0.15, 0.2) is 36.5 Å². The first-order chi connectivity index (χ1) is 8.79. The molecule has 0 radical (unpaired) electrons. The molecule has 0 unspecified atom stereocenters. The van der Waals surface area contributed by atoms with Crippen LogP contribution in [0.1, 0.15) is 0 Å². The number of rotatable bonds is 2. The van der Waals surface area contributed by atoms with Crippen LogP contribution in [0.2, 0.25) is 0 Å². The number of benzene rings is 1. The zero-order valence-electron chi connectivity index (χ0n) is 10.3. The topological polar surface area (TPSA) is 55.6 Å². The van der Waals surface area contributed by atoms with Crippen molar-refractivity contribution in [2.45, 2.75) is 0 Å². The quantitative estimate of drug-likeness (QED) is 0.743. The van der Waals surface area contributed by atoms with Crippen LogP contribution in [0, 0.1) is 0 Å². The van der Waals surface area contributed by atoms with Crippen molar-refractivity contribution >= 4 is 17.0 Å². The Morgan fingerprint density at radius 2 is 1.94 bits per heavy atom. The lowest BCUT2D eigenvalue weighted by Crippen LogP contribution is -1.99. The maximum atomic E-state index is 4.60. The van der Waals surface area contributed by atoms with Crippen LogP contribution in [-0.4, -0.2) is 26.6 Å². The van der Waals surface area contributed by atoms with E-state index in [2.05, 4.69) is 20.3 Å². The summed E-state index contributed by atoms with van der Waals surface area (Å²) in [6, 6.07) is 9.90. The lowest BCUT2D eigenvalue weighted by molar-refractivity contribution is 0.947. The number of hydrogen-bond acceptors (Lipinski definition) is 4. The molecule has 1 aromatic carbocycles. The van der Waals surface area contributed by atoms with Gasteiger partial charge in [-0.05, 0) is 18.2 Å². The minimum atomic E-state index is 0.597. The fraction of sp³-hybridized carbons (Fsp3) is 0.154. The van der Waals surface area contributed by atoms with Crippen molar-refractivity contribution in [3.8, 4) is 11.5 Å². The van der Waals surface area contributed by atoms with Crippen LogP contribution in [0.4, 0.5) is 5.95 Å². The van der Waals surface area contributed by atoms with Gasteiger partial charge in [-0.3, -0.25) is 0 Å². The summed E-state index contributed by atoms with van der Waals surface area (Å²) in [7, 11) is 3.79. The summed E-state index contributed by atoms with van der Waals surface area (Å²) in [5.41, 5.74) is 2.88. The van der Waals surface area contributed by atoms with Gasteiger partial charge in [-0.15, -0.1) is 0 Å². The number of nitrogens with zero attached hydrogens (tertiary/aromatic N) is 4. The highest BCUT2D eigenvalue weighted by Crippen LogP contribution is 2.22. The van der Waals surface area contributed by atoms with E-state index in [0.717, 1.165) is 22.6 Å². The summed E-state index contributed by atoms with van der Waals surface area (Å²) in [6.07, 6.45) is 1.73. The largest absolute Gasteiger partial charge is 0.357 e. The molecule has 2 heterocycles. The maximum Gasteiger partial charge on any atom is 0.223 e. The van der Waals surface area contributed by atoms with Gasteiger partial charge in [0.1, 0.15) is 5.69 Å². The molecule has 0 atom stereocenters. The maximum absolute atomic E-state index is 4.60. The average Bonchev–Trinajstić information content (AvgIpc) is 2.77. The third-order valence-electron chi connectivity index (χ3n) is 2.90. The fourth-order valence-corrected chi connectivity index (χ4v) is 1.98. The van der Waals surface area contributed by atoms with E-state index in [1.807, 2.05) is 41.9 Å². The Balaban J connectivity index is 2.21.